The zero-order valence-corrected chi connectivity index (χ0v) is 15.9. The first-order valence-corrected chi connectivity index (χ1v) is 10.0. The van der Waals surface area contributed by atoms with Crippen molar-refractivity contribution in [2.45, 2.75) is 31.5 Å². The molecular formula is C22H27F2NO3. The molecule has 2 fully saturated rings. The van der Waals surface area contributed by atoms with Crippen molar-refractivity contribution in [2.24, 2.45) is 11.8 Å². The number of benzene rings is 1. The van der Waals surface area contributed by atoms with Crippen LogP contribution in [0.2, 0.25) is 0 Å². The number of aliphatic hydroxyl groups is 1. The Labute approximate surface area is 164 Å². The number of aliphatic hydroxyl groups excluding tert-OH is 1. The Morgan fingerprint density at radius 3 is 2.57 bits per heavy atom. The van der Waals surface area contributed by atoms with E-state index in [2.05, 4.69) is 4.90 Å². The second kappa shape index (κ2) is 8.72. The van der Waals surface area contributed by atoms with E-state index in [1.54, 1.807) is 6.08 Å². The van der Waals surface area contributed by atoms with Gasteiger partial charge in [-0.05, 0) is 48.8 Å². The summed E-state index contributed by atoms with van der Waals surface area (Å²) in [6.07, 6.45) is 8.07. The molecule has 0 amide bonds. The van der Waals surface area contributed by atoms with Crippen molar-refractivity contribution in [1.29, 1.82) is 0 Å². The third kappa shape index (κ3) is 4.80. The predicted molar refractivity (Wildman–Crippen MR) is 102 cm³/mol. The van der Waals surface area contributed by atoms with Crippen molar-refractivity contribution < 1.29 is 23.4 Å². The van der Waals surface area contributed by atoms with Gasteiger partial charge in [0.05, 0.1) is 25.4 Å². The molecule has 4 atom stereocenters. The van der Waals surface area contributed by atoms with Crippen molar-refractivity contribution >= 4 is 0 Å². The molecule has 1 N–H and O–H groups in total. The van der Waals surface area contributed by atoms with Crippen molar-refractivity contribution in [3.8, 4) is 5.75 Å². The van der Waals surface area contributed by atoms with Gasteiger partial charge < -0.3 is 19.5 Å². The van der Waals surface area contributed by atoms with Crippen LogP contribution < -0.4 is 4.74 Å². The number of likely N-dealkylation sites (tertiary alicyclic amines) is 1. The van der Waals surface area contributed by atoms with E-state index in [1.165, 1.54) is 6.07 Å². The van der Waals surface area contributed by atoms with Crippen LogP contribution >= 0.6 is 0 Å². The predicted octanol–water partition coefficient (Wildman–Crippen LogP) is 3.32. The maximum atomic E-state index is 13.3. The van der Waals surface area contributed by atoms with E-state index >= 15 is 0 Å². The fourth-order valence-electron chi connectivity index (χ4n) is 4.51. The standard InChI is InChI=1S/C22H27F2NO3/c23-21-6-5-19(11-22(21)24)28-20-9-16-12-25(13-17(16)10-20)7-8-27-14-15-1-3-18(26)4-2-15/h1-3,5-6,11,16-18,20,26H,4,7-10,12-14H2/t16-,17+,18?,20-. The number of ether oxygens (including phenoxy) is 2. The molecule has 2 aliphatic carbocycles. The molecule has 4 rings (SSSR count). The molecule has 1 heterocycles. The topological polar surface area (TPSA) is 41.9 Å². The van der Waals surface area contributed by atoms with Gasteiger partial charge in [0.25, 0.3) is 0 Å². The van der Waals surface area contributed by atoms with Gasteiger partial charge in [-0.3, -0.25) is 0 Å². The van der Waals surface area contributed by atoms with Crippen LogP contribution in [-0.4, -0.2) is 55.1 Å². The van der Waals surface area contributed by atoms with Crippen molar-refractivity contribution in [2.75, 3.05) is 32.8 Å². The molecule has 0 spiro atoms. The molecule has 1 aliphatic heterocycles. The van der Waals surface area contributed by atoms with Crippen LogP contribution in [0.15, 0.2) is 42.0 Å². The van der Waals surface area contributed by atoms with E-state index in [9.17, 15) is 13.9 Å². The van der Waals surface area contributed by atoms with E-state index < -0.39 is 11.6 Å². The molecule has 6 heteroatoms. The highest BCUT2D eigenvalue weighted by Gasteiger charge is 2.41. The van der Waals surface area contributed by atoms with Gasteiger partial charge in [-0.1, -0.05) is 18.2 Å². The van der Waals surface area contributed by atoms with Gasteiger partial charge >= 0.3 is 0 Å². The molecule has 3 aliphatic rings. The number of halogens is 2. The van der Waals surface area contributed by atoms with Crippen LogP contribution in [0.1, 0.15) is 19.3 Å². The minimum absolute atomic E-state index is 0.0821. The first kappa shape index (κ1) is 19.6. The van der Waals surface area contributed by atoms with Gasteiger partial charge in [-0.15, -0.1) is 0 Å². The second-order valence-corrected chi connectivity index (χ2v) is 8.06. The lowest BCUT2D eigenvalue weighted by atomic mass is 10.0. The molecular weight excluding hydrogens is 364 g/mol. The van der Waals surface area contributed by atoms with E-state index in [-0.39, 0.29) is 12.2 Å². The van der Waals surface area contributed by atoms with E-state index in [0.29, 0.717) is 37.2 Å². The molecule has 0 bridgehead atoms. The van der Waals surface area contributed by atoms with Crippen molar-refractivity contribution in [1.82, 2.24) is 4.90 Å². The number of rotatable bonds is 7. The zero-order chi connectivity index (χ0) is 19.5. The molecule has 1 unspecified atom stereocenters. The number of hydrogen-bond acceptors (Lipinski definition) is 4. The summed E-state index contributed by atoms with van der Waals surface area (Å²) in [5.41, 5.74) is 1.13. The molecule has 1 aromatic carbocycles. The van der Waals surface area contributed by atoms with Crippen molar-refractivity contribution in [3.63, 3.8) is 0 Å². The molecule has 28 heavy (non-hydrogen) atoms. The van der Waals surface area contributed by atoms with Gasteiger partial charge in [-0.2, -0.15) is 0 Å². The lowest BCUT2D eigenvalue weighted by Gasteiger charge is -2.20. The number of nitrogens with zero attached hydrogens (tertiary/aromatic N) is 1. The van der Waals surface area contributed by atoms with Gasteiger partial charge in [-0.25, -0.2) is 8.78 Å². The summed E-state index contributed by atoms with van der Waals surface area (Å²) >= 11 is 0. The van der Waals surface area contributed by atoms with Crippen LogP contribution in [0.3, 0.4) is 0 Å². The van der Waals surface area contributed by atoms with Crippen molar-refractivity contribution in [3.05, 3.63) is 53.6 Å². The van der Waals surface area contributed by atoms with Crippen LogP contribution in [-0.2, 0) is 4.74 Å². The molecule has 152 valence electrons. The highest BCUT2D eigenvalue weighted by molar-refractivity contribution is 5.25. The molecule has 1 aromatic rings. The van der Waals surface area contributed by atoms with E-state index in [1.807, 2.05) is 12.2 Å². The normalized spacial score (nSPS) is 29.8. The number of hydrogen-bond donors (Lipinski definition) is 1. The highest BCUT2D eigenvalue weighted by Crippen LogP contribution is 2.39. The van der Waals surface area contributed by atoms with E-state index in [4.69, 9.17) is 9.47 Å². The summed E-state index contributed by atoms with van der Waals surface area (Å²) in [4.78, 5) is 2.44. The Kier molecular flexibility index (Phi) is 6.09. The minimum atomic E-state index is -0.863. The number of fused-ring (bicyclic) bond motifs is 1. The zero-order valence-electron chi connectivity index (χ0n) is 15.9. The van der Waals surface area contributed by atoms with Gasteiger partial charge in [0.15, 0.2) is 11.6 Å². The Bertz CT molecular complexity index is 737. The molecule has 0 aromatic heterocycles. The third-order valence-corrected chi connectivity index (χ3v) is 5.95. The first-order valence-electron chi connectivity index (χ1n) is 10.0. The van der Waals surface area contributed by atoms with Gasteiger partial charge in [0.1, 0.15) is 5.75 Å². The Hall–Kier alpha value is -1.76. The average Bonchev–Trinajstić information content (AvgIpc) is 3.21. The molecule has 1 saturated carbocycles. The fourth-order valence-corrected chi connectivity index (χ4v) is 4.51. The fraction of sp³-hybridized carbons (Fsp3) is 0.545. The van der Waals surface area contributed by atoms with Crippen LogP contribution in [0.5, 0.6) is 5.75 Å². The molecule has 0 radical (unpaired) electrons. The summed E-state index contributed by atoms with van der Waals surface area (Å²) in [6.45, 7) is 4.29. The summed E-state index contributed by atoms with van der Waals surface area (Å²) in [5, 5.41) is 9.43. The SMILES string of the molecule is OC1C=CC(COCCN2C[C@H]3C[C@@H](Oc4ccc(F)c(F)c4)C[C@H]3C2)=CC1. The minimum Gasteiger partial charge on any atom is -0.490 e. The maximum Gasteiger partial charge on any atom is 0.162 e. The lowest BCUT2D eigenvalue weighted by Crippen LogP contribution is -2.28. The maximum absolute atomic E-state index is 13.3. The summed E-state index contributed by atoms with van der Waals surface area (Å²) in [6, 6.07) is 3.74. The summed E-state index contributed by atoms with van der Waals surface area (Å²) in [7, 11) is 0. The molecule has 4 nitrogen and oxygen atoms in total. The van der Waals surface area contributed by atoms with Gasteiger partial charge in [0, 0.05) is 25.7 Å². The van der Waals surface area contributed by atoms with E-state index in [0.717, 1.165) is 50.2 Å². The van der Waals surface area contributed by atoms with Gasteiger partial charge in [0.2, 0.25) is 0 Å². The monoisotopic (exact) mass is 391 g/mol. The highest BCUT2D eigenvalue weighted by atomic mass is 19.2. The van der Waals surface area contributed by atoms with Crippen LogP contribution in [0, 0.1) is 23.5 Å². The Balaban J connectivity index is 1.15. The second-order valence-electron chi connectivity index (χ2n) is 8.06. The summed E-state index contributed by atoms with van der Waals surface area (Å²) in [5.74, 6) is -0.103. The Morgan fingerprint density at radius 2 is 1.89 bits per heavy atom. The summed E-state index contributed by atoms with van der Waals surface area (Å²) < 4.78 is 38.0. The Morgan fingerprint density at radius 1 is 1.11 bits per heavy atom. The average molecular weight is 391 g/mol. The molecule has 1 saturated heterocycles. The first-order chi connectivity index (χ1) is 13.6. The van der Waals surface area contributed by atoms with Crippen LogP contribution in [0.25, 0.3) is 0 Å². The quantitative estimate of drug-likeness (QED) is 0.724. The largest absolute Gasteiger partial charge is 0.490 e. The smallest absolute Gasteiger partial charge is 0.162 e. The lowest BCUT2D eigenvalue weighted by molar-refractivity contribution is 0.122. The van der Waals surface area contributed by atoms with Crippen LogP contribution in [0.4, 0.5) is 8.78 Å². The third-order valence-electron chi connectivity index (χ3n) is 5.95.